The van der Waals surface area contributed by atoms with E-state index in [1.54, 1.807) is 0 Å². The second-order valence-corrected chi connectivity index (χ2v) is 3.70. The number of carbonyl (C=O) groups is 1. The van der Waals surface area contributed by atoms with Crippen LogP contribution in [-0.4, -0.2) is 27.1 Å². The van der Waals surface area contributed by atoms with Crippen molar-refractivity contribution >= 4 is 11.9 Å². The van der Waals surface area contributed by atoms with Crippen molar-refractivity contribution in [2.45, 2.75) is 31.7 Å². The standard InChI is InChI=1S/C10H13N3O2/c14-9(15)8-5-6-11-10(13-8)12-7-3-1-2-4-7/h5-7H,1-4H2,(H,14,15)(H,11,12,13). The third-order valence-electron chi connectivity index (χ3n) is 2.56. The summed E-state index contributed by atoms with van der Waals surface area (Å²) < 4.78 is 0. The van der Waals surface area contributed by atoms with Crippen LogP contribution in [-0.2, 0) is 0 Å². The first-order valence-electron chi connectivity index (χ1n) is 5.08. The van der Waals surface area contributed by atoms with Crippen molar-refractivity contribution in [1.82, 2.24) is 9.97 Å². The van der Waals surface area contributed by atoms with E-state index >= 15 is 0 Å². The van der Waals surface area contributed by atoms with Gasteiger partial charge in [-0.05, 0) is 18.9 Å². The summed E-state index contributed by atoms with van der Waals surface area (Å²) in [4.78, 5) is 18.6. The molecule has 5 nitrogen and oxygen atoms in total. The van der Waals surface area contributed by atoms with Crippen molar-refractivity contribution in [2.24, 2.45) is 0 Å². The van der Waals surface area contributed by atoms with Crippen LogP contribution in [0, 0.1) is 0 Å². The van der Waals surface area contributed by atoms with Gasteiger partial charge in [0.05, 0.1) is 0 Å². The predicted octanol–water partition coefficient (Wildman–Crippen LogP) is 1.53. The summed E-state index contributed by atoms with van der Waals surface area (Å²) in [5.41, 5.74) is 0.0329. The Bertz CT molecular complexity index is 361. The number of carboxylic acid groups (broad SMARTS) is 1. The molecule has 1 heterocycles. The molecule has 0 bridgehead atoms. The predicted molar refractivity (Wildman–Crippen MR) is 54.9 cm³/mol. The van der Waals surface area contributed by atoms with E-state index in [0.717, 1.165) is 12.8 Å². The Morgan fingerprint density at radius 1 is 1.47 bits per heavy atom. The summed E-state index contributed by atoms with van der Waals surface area (Å²) in [6.07, 6.45) is 6.13. The van der Waals surface area contributed by atoms with Crippen LogP contribution in [0.5, 0.6) is 0 Å². The lowest BCUT2D eigenvalue weighted by Crippen LogP contribution is -2.17. The quantitative estimate of drug-likeness (QED) is 0.786. The molecule has 1 aromatic rings. The van der Waals surface area contributed by atoms with E-state index in [9.17, 15) is 4.79 Å². The maximum absolute atomic E-state index is 10.7. The number of nitrogens with one attached hydrogen (secondary N) is 1. The van der Waals surface area contributed by atoms with Gasteiger partial charge in [-0.3, -0.25) is 0 Å². The number of nitrogens with zero attached hydrogens (tertiary/aromatic N) is 2. The average molecular weight is 207 g/mol. The van der Waals surface area contributed by atoms with Gasteiger partial charge in [0.15, 0.2) is 5.69 Å². The van der Waals surface area contributed by atoms with Crippen LogP contribution >= 0.6 is 0 Å². The number of aromatic nitrogens is 2. The smallest absolute Gasteiger partial charge is 0.354 e. The molecule has 80 valence electrons. The van der Waals surface area contributed by atoms with E-state index in [-0.39, 0.29) is 5.69 Å². The first kappa shape index (κ1) is 9.89. The zero-order valence-electron chi connectivity index (χ0n) is 8.31. The third-order valence-corrected chi connectivity index (χ3v) is 2.56. The Kier molecular flexibility index (Phi) is 2.80. The molecule has 0 unspecified atom stereocenters. The summed E-state index contributed by atoms with van der Waals surface area (Å²) in [6.45, 7) is 0. The van der Waals surface area contributed by atoms with Crippen LogP contribution in [0.4, 0.5) is 5.95 Å². The first-order chi connectivity index (χ1) is 7.25. The summed E-state index contributed by atoms with van der Waals surface area (Å²) in [5, 5.41) is 11.9. The SMILES string of the molecule is O=C(O)c1ccnc(NC2CCCC2)n1. The number of anilines is 1. The molecule has 0 aromatic carbocycles. The second-order valence-electron chi connectivity index (χ2n) is 3.70. The van der Waals surface area contributed by atoms with E-state index in [1.807, 2.05) is 0 Å². The van der Waals surface area contributed by atoms with E-state index in [0.29, 0.717) is 12.0 Å². The number of aromatic carboxylic acids is 1. The Morgan fingerprint density at radius 3 is 2.87 bits per heavy atom. The van der Waals surface area contributed by atoms with Crippen LogP contribution in [0.1, 0.15) is 36.2 Å². The Morgan fingerprint density at radius 2 is 2.20 bits per heavy atom. The summed E-state index contributed by atoms with van der Waals surface area (Å²) in [6, 6.07) is 1.79. The molecule has 2 N–H and O–H groups in total. The fourth-order valence-corrected chi connectivity index (χ4v) is 1.80. The molecule has 0 aliphatic heterocycles. The molecule has 0 atom stereocenters. The summed E-state index contributed by atoms with van der Waals surface area (Å²) >= 11 is 0. The van der Waals surface area contributed by atoms with Crippen LogP contribution in [0.3, 0.4) is 0 Å². The van der Waals surface area contributed by atoms with Crippen LogP contribution < -0.4 is 5.32 Å². The summed E-state index contributed by atoms with van der Waals surface area (Å²) in [5.74, 6) is -0.603. The first-order valence-corrected chi connectivity index (χ1v) is 5.08. The fourth-order valence-electron chi connectivity index (χ4n) is 1.80. The molecule has 0 spiro atoms. The highest BCUT2D eigenvalue weighted by Gasteiger charge is 2.16. The zero-order chi connectivity index (χ0) is 10.7. The number of rotatable bonds is 3. The van der Waals surface area contributed by atoms with E-state index < -0.39 is 5.97 Å². The molecule has 1 aromatic heterocycles. The van der Waals surface area contributed by atoms with E-state index in [4.69, 9.17) is 5.11 Å². The Balaban J connectivity index is 2.07. The number of hydrogen-bond acceptors (Lipinski definition) is 4. The molecular weight excluding hydrogens is 194 g/mol. The van der Waals surface area contributed by atoms with Gasteiger partial charge >= 0.3 is 5.97 Å². The number of carboxylic acids is 1. The molecule has 2 rings (SSSR count). The maximum Gasteiger partial charge on any atom is 0.354 e. The molecule has 1 saturated carbocycles. The lowest BCUT2D eigenvalue weighted by Gasteiger charge is -2.11. The second kappa shape index (κ2) is 4.25. The van der Waals surface area contributed by atoms with Gasteiger partial charge in [0.1, 0.15) is 0 Å². The van der Waals surface area contributed by atoms with Crippen LogP contribution in [0.2, 0.25) is 0 Å². The van der Waals surface area contributed by atoms with Gasteiger partial charge in [-0.15, -0.1) is 0 Å². The van der Waals surface area contributed by atoms with Gasteiger partial charge in [0.25, 0.3) is 0 Å². The van der Waals surface area contributed by atoms with Gasteiger partial charge in [-0.25, -0.2) is 14.8 Å². The maximum atomic E-state index is 10.7. The number of hydrogen-bond donors (Lipinski definition) is 2. The van der Waals surface area contributed by atoms with Crippen molar-refractivity contribution in [3.8, 4) is 0 Å². The molecule has 1 aliphatic rings. The van der Waals surface area contributed by atoms with Gasteiger partial charge in [0.2, 0.25) is 5.95 Å². The third kappa shape index (κ3) is 2.43. The van der Waals surface area contributed by atoms with Gasteiger partial charge in [-0.1, -0.05) is 12.8 Å². The summed E-state index contributed by atoms with van der Waals surface area (Å²) in [7, 11) is 0. The molecular formula is C10H13N3O2. The van der Waals surface area contributed by atoms with Crippen molar-refractivity contribution < 1.29 is 9.90 Å². The molecule has 1 aliphatic carbocycles. The van der Waals surface area contributed by atoms with Crippen LogP contribution in [0.25, 0.3) is 0 Å². The topological polar surface area (TPSA) is 75.1 Å². The Hall–Kier alpha value is -1.65. The molecule has 0 saturated heterocycles. The molecule has 5 heteroatoms. The van der Waals surface area contributed by atoms with Gasteiger partial charge in [0, 0.05) is 12.2 Å². The molecule has 0 amide bonds. The van der Waals surface area contributed by atoms with E-state index in [1.165, 1.54) is 25.1 Å². The molecule has 15 heavy (non-hydrogen) atoms. The zero-order valence-corrected chi connectivity index (χ0v) is 8.31. The lowest BCUT2D eigenvalue weighted by atomic mass is 10.2. The monoisotopic (exact) mass is 207 g/mol. The molecule has 0 radical (unpaired) electrons. The van der Waals surface area contributed by atoms with Gasteiger partial charge in [-0.2, -0.15) is 0 Å². The van der Waals surface area contributed by atoms with Crippen molar-refractivity contribution in [3.63, 3.8) is 0 Å². The van der Waals surface area contributed by atoms with Crippen LogP contribution in [0.15, 0.2) is 12.3 Å². The van der Waals surface area contributed by atoms with Crippen molar-refractivity contribution in [3.05, 3.63) is 18.0 Å². The molecule has 1 fully saturated rings. The highest BCUT2D eigenvalue weighted by atomic mass is 16.4. The van der Waals surface area contributed by atoms with Gasteiger partial charge < -0.3 is 10.4 Å². The Labute approximate surface area is 87.6 Å². The lowest BCUT2D eigenvalue weighted by molar-refractivity contribution is 0.0690. The highest BCUT2D eigenvalue weighted by Crippen LogP contribution is 2.20. The average Bonchev–Trinajstić information content (AvgIpc) is 2.71. The van der Waals surface area contributed by atoms with Crippen molar-refractivity contribution in [1.29, 1.82) is 0 Å². The largest absolute Gasteiger partial charge is 0.477 e. The fraction of sp³-hybridized carbons (Fsp3) is 0.500. The highest BCUT2D eigenvalue weighted by molar-refractivity contribution is 5.85. The minimum Gasteiger partial charge on any atom is -0.477 e. The minimum atomic E-state index is -1.02. The van der Waals surface area contributed by atoms with Crippen molar-refractivity contribution in [2.75, 3.05) is 5.32 Å². The minimum absolute atomic E-state index is 0.0329. The normalized spacial score (nSPS) is 16.5. The van der Waals surface area contributed by atoms with E-state index in [2.05, 4.69) is 15.3 Å².